The van der Waals surface area contributed by atoms with E-state index in [1.54, 1.807) is 16.4 Å². The number of sulfonamides is 1. The molecule has 1 aliphatic rings. The number of hydrogen-bond acceptors (Lipinski definition) is 3. The number of hydrogen-bond donors (Lipinski definition) is 1. The Morgan fingerprint density at radius 3 is 2.52 bits per heavy atom. The van der Waals surface area contributed by atoms with Gasteiger partial charge in [-0.15, -0.1) is 0 Å². The lowest BCUT2D eigenvalue weighted by Crippen LogP contribution is -2.29. The molecule has 21 heavy (non-hydrogen) atoms. The topological polar surface area (TPSA) is 57.6 Å². The molecule has 1 fully saturated rings. The van der Waals surface area contributed by atoms with E-state index in [9.17, 15) is 8.42 Å². The van der Waals surface area contributed by atoms with Crippen molar-refractivity contribution in [1.82, 2.24) is 4.31 Å². The smallest absolute Gasteiger partial charge is 0.243 e. The van der Waals surface area contributed by atoms with Gasteiger partial charge in [-0.3, -0.25) is 0 Å². The molecule has 1 atom stereocenters. The first-order valence-electron chi connectivity index (χ1n) is 7.63. The molecule has 1 aromatic carbocycles. The molecule has 1 heterocycles. The van der Waals surface area contributed by atoms with Gasteiger partial charge in [0.05, 0.1) is 4.90 Å². The van der Waals surface area contributed by atoms with E-state index < -0.39 is 10.0 Å². The molecule has 118 valence electrons. The molecule has 0 saturated carbocycles. The van der Waals surface area contributed by atoms with E-state index in [0.717, 1.165) is 12.8 Å². The average Bonchev–Trinajstić information content (AvgIpc) is 2.88. The van der Waals surface area contributed by atoms with Crippen LogP contribution >= 0.6 is 0 Å². The van der Waals surface area contributed by atoms with Crippen LogP contribution in [0.3, 0.4) is 0 Å². The molecule has 1 N–H and O–H groups in total. The minimum absolute atomic E-state index is 0.127. The average molecular weight is 311 g/mol. The molecule has 1 aliphatic heterocycles. The monoisotopic (exact) mass is 311 g/mol. The summed E-state index contributed by atoms with van der Waals surface area (Å²) in [5.41, 5.74) is 1.17. The highest BCUT2D eigenvalue weighted by atomic mass is 32.2. The maximum absolute atomic E-state index is 12.6. The van der Waals surface area contributed by atoms with Crippen molar-refractivity contribution in [2.45, 2.75) is 38.0 Å². The van der Waals surface area contributed by atoms with Gasteiger partial charge >= 0.3 is 0 Å². The van der Waals surface area contributed by atoms with Gasteiger partial charge in [0.25, 0.3) is 0 Å². The van der Waals surface area contributed by atoms with Crippen LogP contribution < -0.4 is 0 Å². The van der Waals surface area contributed by atoms with Crippen molar-refractivity contribution < 1.29 is 13.5 Å². The highest BCUT2D eigenvalue weighted by Crippen LogP contribution is 2.26. The summed E-state index contributed by atoms with van der Waals surface area (Å²) in [7, 11) is -3.38. The van der Waals surface area contributed by atoms with Gasteiger partial charge in [0.15, 0.2) is 0 Å². The highest BCUT2D eigenvalue weighted by Gasteiger charge is 2.32. The van der Waals surface area contributed by atoms with Crippen LogP contribution in [0.4, 0.5) is 0 Å². The molecule has 0 bridgehead atoms. The van der Waals surface area contributed by atoms with Gasteiger partial charge in [-0.25, -0.2) is 8.42 Å². The largest absolute Gasteiger partial charge is 0.396 e. The van der Waals surface area contributed by atoms with Crippen molar-refractivity contribution >= 4 is 10.0 Å². The second-order valence-corrected chi connectivity index (χ2v) is 8.21. The first-order chi connectivity index (χ1) is 9.93. The predicted molar refractivity (Wildman–Crippen MR) is 83.6 cm³/mol. The van der Waals surface area contributed by atoms with Crippen LogP contribution in [0, 0.1) is 11.8 Å². The lowest BCUT2D eigenvalue weighted by Gasteiger charge is -2.17. The van der Waals surface area contributed by atoms with Crippen LogP contribution in [0.25, 0.3) is 0 Å². The van der Waals surface area contributed by atoms with E-state index in [4.69, 9.17) is 5.11 Å². The number of nitrogens with zero attached hydrogens (tertiary/aromatic N) is 1. The molecule has 1 unspecified atom stereocenters. The fraction of sp³-hybridized carbons (Fsp3) is 0.625. The van der Waals surface area contributed by atoms with Gasteiger partial charge in [0.1, 0.15) is 0 Å². The molecule has 0 radical (unpaired) electrons. The molecule has 5 heteroatoms. The van der Waals surface area contributed by atoms with Crippen molar-refractivity contribution in [3.8, 4) is 0 Å². The molecule has 4 nitrogen and oxygen atoms in total. The minimum atomic E-state index is -3.38. The Morgan fingerprint density at radius 1 is 1.29 bits per heavy atom. The summed E-state index contributed by atoms with van der Waals surface area (Å²) in [6.45, 7) is 5.51. The summed E-state index contributed by atoms with van der Waals surface area (Å²) >= 11 is 0. The lowest BCUT2D eigenvalue weighted by atomic mass is 10.0. The molecule has 0 spiro atoms. The lowest BCUT2D eigenvalue weighted by molar-refractivity contribution is 0.259. The Morgan fingerprint density at radius 2 is 1.95 bits per heavy atom. The summed E-state index contributed by atoms with van der Waals surface area (Å²) in [5.74, 6) is 0.843. The number of rotatable bonds is 6. The van der Waals surface area contributed by atoms with E-state index in [0.29, 0.717) is 30.3 Å². The van der Waals surface area contributed by atoms with Gasteiger partial charge in [-0.05, 0) is 48.8 Å². The normalized spacial score (nSPS) is 20.3. The van der Waals surface area contributed by atoms with Crippen molar-refractivity contribution in [3.05, 3.63) is 29.8 Å². The summed E-state index contributed by atoms with van der Waals surface area (Å²) in [6.07, 6.45) is 2.48. The Kier molecular flexibility index (Phi) is 5.41. The van der Waals surface area contributed by atoms with Crippen molar-refractivity contribution in [2.24, 2.45) is 11.8 Å². The third kappa shape index (κ3) is 4.05. The second-order valence-electron chi connectivity index (χ2n) is 6.27. The fourth-order valence-corrected chi connectivity index (χ4v) is 4.38. The summed E-state index contributed by atoms with van der Waals surface area (Å²) < 4.78 is 26.7. The van der Waals surface area contributed by atoms with Gasteiger partial charge < -0.3 is 5.11 Å². The molecule has 1 aromatic rings. The van der Waals surface area contributed by atoms with Crippen LogP contribution in [0.5, 0.6) is 0 Å². The molecular formula is C16H25NO3S. The molecule has 2 rings (SSSR count). The number of benzene rings is 1. The second kappa shape index (κ2) is 6.90. The molecule has 0 aromatic heterocycles. The van der Waals surface area contributed by atoms with Crippen molar-refractivity contribution in [1.29, 1.82) is 0 Å². The maximum atomic E-state index is 12.6. The van der Waals surface area contributed by atoms with Gasteiger partial charge in [-0.2, -0.15) is 4.31 Å². The van der Waals surface area contributed by atoms with Gasteiger partial charge in [0, 0.05) is 19.7 Å². The van der Waals surface area contributed by atoms with E-state index in [2.05, 4.69) is 13.8 Å². The zero-order valence-electron chi connectivity index (χ0n) is 12.8. The highest BCUT2D eigenvalue weighted by molar-refractivity contribution is 7.89. The molecule has 0 aliphatic carbocycles. The zero-order chi connectivity index (χ0) is 15.5. The van der Waals surface area contributed by atoms with E-state index >= 15 is 0 Å². The predicted octanol–water partition coefficient (Wildman–Crippen LogP) is 2.28. The number of aliphatic hydroxyl groups is 1. The Balaban J connectivity index is 2.09. The first-order valence-corrected chi connectivity index (χ1v) is 9.07. The third-order valence-electron chi connectivity index (χ3n) is 3.99. The Bertz CT molecular complexity index is 551. The van der Waals surface area contributed by atoms with Crippen LogP contribution in [0.15, 0.2) is 29.2 Å². The van der Waals surface area contributed by atoms with Crippen molar-refractivity contribution in [3.63, 3.8) is 0 Å². The number of aliphatic hydroxyl groups excluding tert-OH is 1. The van der Waals surface area contributed by atoms with Crippen LogP contribution in [-0.4, -0.2) is 37.5 Å². The quantitative estimate of drug-likeness (QED) is 0.877. The van der Waals surface area contributed by atoms with E-state index in [-0.39, 0.29) is 12.5 Å². The maximum Gasteiger partial charge on any atom is 0.243 e. The molecule has 1 saturated heterocycles. The standard InChI is InChI=1S/C16H25NO3S/c1-13(2)11-14-3-5-16(6-4-14)21(19,20)17-9-7-15(12-17)8-10-18/h3-6,13,15,18H,7-12H2,1-2H3. The van der Waals surface area contributed by atoms with Crippen LogP contribution in [0.1, 0.15) is 32.3 Å². The Hall–Kier alpha value is -0.910. The van der Waals surface area contributed by atoms with E-state index in [1.807, 2.05) is 12.1 Å². The van der Waals surface area contributed by atoms with Crippen molar-refractivity contribution in [2.75, 3.05) is 19.7 Å². The Labute approximate surface area is 127 Å². The van der Waals surface area contributed by atoms with E-state index in [1.165, 1.54) is 5.56 Å². The summed E-state index contributed by atoms with van der Waals surface area (Å²) in [5, 5.41) is 8.97. The SMILES string of the molecule is CC(C)Cc1ccc(S(=O)(=O)N2CCC(CCO)C2)cc1. The third-order valence-corrected chi connectivity index (χ3v) is 5.87. The first kappa shape index (κ1) is 16.5. The van der Waals surface area contributed by atoms with Crippen LogP contribution in [0.2, 0.25) is 0 Å². The van der Waals surface area contributed by atoms with Gasteiger partial charge in [-0.1, -0.05) is 26.0 Å². The van der Waals surface area contributed by atoms with Crippen LogP contribution in [-0.2, 0) is 16.4 Å². The molecule has 0 amide bonds. The summed E-state index contributed by atoms with van der Waals surface area (Å²) in [6, 6.07) is 7.25. The zero-order valence-corrected chi connectivity index (χ0v) is 13.6. The fourth-order valence-electron chi connectivity index (χ4n) is 2.85. The van der Waals surface area contributed by atoms with Gasteiger partial charge in [0.2, 0.25) is 10.0 Å². The molecular weight excluding hydrogens is 286 g/mol. The minimum Gasteiger partial charge on any atom is -0.396 e. The summed E-state index contributed by atoms with van der Waals surface area (Å²) in [4.78, 5) is 0.375.